The molecule has 1 amide bonds. The molecule has 9 heteroatoms. The van der Waals surface area contributed by atoms with E-state index < -0.39 is 28.3 Å². The molecule has 0 aliphatic rings. The predicted octanol–water partition coefficient (Wildman–Crippen LogP) is 4.01. The molecule has 0 fully saturated rings. The topological polar surface area (TPSA) is 75.7 Å². The zero-order valence-corrected chi connectivity index (χ0v) is 18.7. The van der Waals surface area contributed by atoms with Gasteiger partial charge in [-0.2, -0.15) is 0 Å². The van der Waals surface area contributed by atoms with Crippen molar-refractivity contribution in [3.05, 3.63) is 95.3 Å². The van der Waals surface area contributed by atoms with Crippen molar-refractivity contribution in [2.45, 2.75) is 11.5 Å². The number of nitrogens with zero attached hydrogens (tertiary/aromatic N) is 1. The van der Waals surface area contributed by atoms with Crippen molar-refractivity contribution in [3.63, 3.8) is 0 Å². The van der Waals surface area contributed by atoms with Gasteiger partial charge in [-0.15, -0.1) is 0 Å². The smallest absolute Gasteiger partial charge is 0.264 e. The van der Waals surface area contributed by atoms with Crippen LogP contribution in [-0.2, 0) is 26.2 Å². The van der Waals surface area contributed by atoms with Gasteiger partial charge >= 0.3 is 0 Å². The van der Waals surface area contributed by atoms with Crippen LogP contribution < -0.4 is 9.62 Å². The first-order valence-electron chi connectivity index (χ1n) is 9.79. The Labute approximate surface area is 191 Å². The lowest BCUT2D eigenvalue weighted by molar-refractivity contribution is -0.119. The van der Waals surface area contributed by atoms with Crippen molar-refractivity contribution in [1.82, 2.24) is 5.32 Å². The summed E-state index contributed by atoms with van der Waals surface area (Å²) in [6.07, 6.45) is 0. The standard InChI is InChI=1S/C23H22ClFN2O4S/c24-21-15-19(11-12-22(21)25)27(32(29,30)20-9-5-2-6-10-20)16-23(28)26-13-14-31-17-18-7-3-1-4-8-18/h1-12,15H,13-14,16-17H2,(H,26,28). The highest BCUT2D eigenvalue weighted by atomic mass is 35.5. The predicted molar refractivity (Wildman–Crippen MR) is 121 cm³/mol. The Kier molecular flexibility index (Phi) is 8.21. The van der Waals surface area contributed by atoms with E-state index in [4.69, 9.17) is 16.3 Å². The zero-order valence-electron chi connectivity index (χ0n) is 17.1. The van der Waals surface area contributed by atoms with Gasteiger partial charge in [0.05, 0.1) is 28.8 Å². The molecular weight excluding hydrogens is 455 g/mol. The number of carbonyl (C=O) groups is 1. The number of benzene rings is 3. The molecule has 32 heavy (non-hydrogen) atoms. The van der Waals surface area contributed by atoms with Crippen molar-refractivity contribution >= 4 is 33.2 Å². The van der Waals surface area contributed by atoms with Gasteiger partial charge in [0.2, 0.25) is 5.91 Å². The molecule has 168 valence electrons. The van der Waals surface area contributed by atoms with E-state index in [1.807, 2.05) is 30.3 Å². The minimum Gasteiger partial charge on any atom is -0.375 e. The number of ether oxygens (including phenoxy) is 1. The highest BCUT2D eigenvalue weighted by Gasteiger charge is 2.27. The summed E-state index contributed by atoms with van der Waals surface area (Å²) in [7, 11) is -4.09. The molecule has 0 atom stereocenters. The second kappa shape index (κ2) is 11.1. The van der Waals surface area contributed by atoms with Gasteiger partial charge in [0, 0.05) is 6.54 Å². The highest BCUT2D eigenvalue weighted by Crippen LogP contribution is 2.27. The molecule has 0 saturated heterocycles. The largest absolute Gasteiger partial charge is 0.375 e. The summed E-state index contributed by atoms with van der Waals surface area (Å²) in [6, 6.07) is 20.7. The monoisotopic (exact) mass is 476 g/mol. The lowest BCUT2D eigenvalue weighted by Crippen LogP contribution is -2.41. The van der Waals surface area contributed by atoms with Crippen molar-refractivity contribution in [2.24, 2.45) is 0 Å². The lowest BCUT2D eigenvalue weighted by Gasteiger charge is -2.24. The molecule has 0 aromatic heterocycles. The molecule has 1 N–H and O–H groups in total. The minimum absolute atomic E-state index is 0.000517. The third-order valence-electron chi connectivity index (χ3n) is 4.49. The van der Waals surface area contributed by atoms with Gasteiger partial charge < -0.3 is 10.1 Å². The average Bonchev–Trinajstić information content (AvgIpc) is 2.80. The van der Waals surface area contributed by atoms with Crippen LogP contribution in [0.1, 0.15) is 5.56 Å². The summed E-state index contributed by atoms with van der Waals surface area (Å²) < 4.78 is 46.4. The Hall–Kier alpha value is -2.94. The number of nitrogens with one attached hydrogen (secondary N) is 1. The fraction of sp³-hybridized carbons (Fsp3) is 0.174. The molecule has 0 aliphatic heterocycles. The molecule has 0 saturated carbocycles. The van der Waals surface area contributed by atoms with Crippen LogP contribution >= 0.6 is 11.6 Å². The van der Waals surface area contributed by atoms with Crippen molar-refractivity contribution in [2.75, 3.05) is 24.0 Å². The second-order valence-electron chi connectivity index (χ2n) is 6.81. The number of amides is 1. The van der Waals surface area contributed by atoms with Crippen LogP contribution in [0.15, 0.2) is 83.8 Å². The molecule has 0 aliphatic carbocycles. The maximum Gasteiger partial charge on any atom is 0.264 e. The maximum absolute atomic E-state index is 13.6. The van der Waals surface area contributed by atoms with Gasteiger partial charge in [0.25, 0.3) is 10.0 Å². The third-order valence-corrected chi connectivity index (χ3v) is 6.57. The van der Waals surface area contributed by atoms with E-state index in [1.165, 1.54) is 24.3 Å². The summed E-state index contributed by atoms with van der Waals surface area (Å²) in [4.78, 5) is 12.5. The van der Waals surface area contributed by atoms with Crippen LogP contribution in [-0.4, -0.2) is 34.0 Å². The first kappa shape index (κ1) is 23.7. The number of halogens is 2. The number of anilines is 1. The van der Waals surface area contributed by atoms with Crippen LogP contribution in [0.25, 0.3) is 0 Å². The van der Waals surface area contributed by atoms with E-state index in [2.05, 4.69) is 5.32 Å². The summed E-state index contributed by atoms with van der Waals surface area (Å²) in [5, 5.41) is 2.40. The summed E-state index contributed by atoms with van der Waals surface area (Å²) in [6.45, 7) is 0.362. The summed E-state index contributed by atoms with van der Waals surface area (Å²) in [5.74, 6) is -1.22. The fourth-order valence-corrected chi connectivity index (χ4v) is 4.50. The van der Waals surface area contributed by atoms with Gasteiger partial charge in [-0.25, -0.2) is 12.8 Å². The molecule has 0 spiro atoms. The molecule has 0 radical (unpaired) electrons. The number of sulfonamides is 1. The van der Waals surface area contributed by atoms with Gasteiger partial charge in [-0.1, -0.05) is 60.1 Å². The number of carbonyl (C=O) groups excluding carboxylic acids is 1. The van der Waals surface area contributed by atoms with E-state index in [9.17, 15) is 17.6 Å². The first-order valence-corrected chi connectivity index (χ1v) is 11.6. The summed E-state index contributed by atoms with van der Waals surface area (Å²) in [5.41, 5.74) is 1.09. The number of hydrogen-bond donors (Lipinski definition) is 1. The Morgan fingerprint density at radius 1 is 1.00 bits per heavy atom. The van der Waals surface area contributed by atoms with Crippen LogP contribution in [0.5, 0.6) is 0 Å². The van der Waals surface area contributed by atoms with Crippen LogP contribution in [0.4, 0.5) is 10.1 Å². The first-order chi connectivity index (χ1) is 15.4. The third kappa shape index (κ3) is 6.29. The molecule has 0 heterocycles. The number of rotatable bonds is 10. The maximum atomic E-state index is 13.6. The van der Waals surface area contributed by atoms with Crippen LogP contribution in [0.2, 0.25) is 5.02 Å². The van der Waals surface area contributed by atoms with Gasteiger partial charge in [-0.05, 0) is 35.9 Å². The molecule has 3 rings (SSSR count). The van der Waals surface area contributed by atoms with Crippen LogP contribution in [0.3, 0.4) is 0 Å². The SMILES string of the molecule is O=C(CN(c1ccc(F)c(Cl)c1)S(=O)(=O)c1ccccc1)NCCOCc1ccccc1. The van der Waals surface area contributed by atoms with Gasteiger partial charge in [0.1, 0.15) is 12.4 Å². The Morgan fingerprint density at radius 3 is 2.31 bits per heavy atom. The average molecular weight is 477 g/mol. The van der Waals surface area contributed by atoms with Crippen molar-refractivity contribution in [3.8, 4) is 0 Å². The van der Waals surface area contributed by atoms with E-state index in [-0.39, 0.29) is 28.8 Å². The van der Waals surface area contributed by atoms with Crippen molar-refractivity contribution < 1.29 is 22.3 Å². The Balaban J connectivity index is 1.67. The molecule has 0 unspecified atom stereocenters. The Morgan fingerprint density at radius 2 is 1.66 bits per heavy atom. The Bertz CT molecular complexity index is 1150. The second-order valence-corrected chi connectivity index (χ2v) is 9.08. The highest BCUT2D eigenvalue weighted by molar-refractivity contribution is 7.92. The molecular formula is C23H22ClFN2O4S. The molecule has 0 bridgehead atoms. The van der Waals surface area contributed by atoms with E-state index in [0.717, 1.165) is 15.9 Å². The van der Waals surface area contributed by atoms with E-state index >= 15 is 0 Å². The zero-order chi connectivity index (χ0) is 23.0. The minimum atomic E-state index is -4.09. The quantitative estimate of drug-likeness (QED) is 0.449. The van der Waals surface area contributed by atoms with E-state index in [0.29, 0.717) is 6.61 Å². The van der Waals surface area contributed by atoms with Crippen molar-refractivity contribution in [1.29, 1.82) is 0 Å². The lowest BCUT2D eigenvalue weighted by atomic mass is 10.2. The van der Waals surface area contributed by atoms with Gasteiger partial charge in [0.15, 0.2) is 0 Å². The normalized spacial score (nSPS) is 11.2. The van der Waals surface area contributed by atoms with Gasteiger partial charge in [-0.3, -0.25) is 9.10 Å². The van der Waals surface area contributed by atoms with E-state index in [1.54, 1.807) is 18.2 Å². The molecule has 3 aromatic rings. The number of hydrogen-bond acceptors (Lipinski definition) is 4. The van der Waals surface area contributed by atoms with Crippen LogP contribution in [0, 0.1) is 5.82 Å². The molecule has 3 aromatic carbocycles. The fourth-order valence-electron chi connectivity index (χ4n) is 2.89. The summed E-state index contributed by atoms with van der Waals surface area (Å²) >= 11 is 5.85. The molecule has 6 nitrogen and oxygen atoms in total.